The van der Waals surface area contributed by atoms with E-state index in [1.807, 2.05) is 73.7 Å². The normalized spacial score (nSPS) is 22.9. The molecule has 142 valence electrons. The summed E-state index contributed by atoms with van der Waals surface area (Å²) >= 11 is 0. The van der Waals surface area contributed by atoms with E-state index in [0.717, 1.165) is 5.56 Å². The van der Waals surface area contributed by atoms with Gasteiger partial charge >= 0.3 is 0 Å². The Morgan fingerprint density at radius 3 is 1.68 bits per heavy atom. The molecule has 2 N–H and O–H groups in total. The zero-order chi connectivity index (χ0) is 19.5. The molecule has 3 heteroatoms. The van der Waals surface area contributed by atoms with Crippen LogP contribution in [-0.2, 0) is 4.79 Å². The van der Waals surface area contributed by atoms with Crippen LogP contribution in [0.5, 0.6) is 0 Å². The van der Waals surface area contributed by atoms with Crippen LogP contribution in [0.4, 0.5) is 0 Å². The van der Waals surface area contributed by atoms with Crippen LogP contribution in [-0.4, -0.2) is 17.1 Å². The molecule has 1 saturated carbocycles. The summed E-state index contributed by atoms with van der Waals surface area (Å²) < 4.78 is 0. The first kappa shape index (κ1) is 18.5. The lowest BCUT2D eigenvalue weighted by Gasteiger charge is -2.21. The fraction of sp³-hybridized carbons (Fsp3) is 0.240. The van der Waals surface area contributed by atoms with Gasteiger partial charge in [-0.1, -0.05) is 91.0 Å². The third-order valence-corrected chi connectivity index (χ3v) is 5.68. The van der Waals surface area contributed by atoms with Crippen molar-refractivity contribution < 1.29 is 9.90 Å². The molecule has 0 aliphatic heterocycles. The predicted molar refractivity (Wildman–Crippen MR) is 111 cm³/mol. The maximum Gasteiger partial charge on any atom is 0.224 e. The molecular weight excluding hydrogens is 346 g/mol. The smallest absolute Gasteiger partial charge is 0.224 e. The lowest BCUT2D eigenvalue weighted by molar-refractivity contribution is -0.124. The lowest BCUT2D eigenvalue weighted by atomic mass is 10.0. The Morgan fingerprint density at radius 2 is 1.21 bits per heavy atom. The van der Waals surface area contributed by atoms with Gasteiger partial charge in [0.2, 0.25) is 5.91 Å². The van der Waals surface area contributed by atoms with Crippen molar-refractivity contribution in [2.24, 2.45) is 5.92 Å². The van der Waals surface area contributed by atoms with Crippen molar-refractivity contribution in [2.75, 3.05) is 0 Å². The summed E-state index contributed by atoms with van der Waals surface area (Å²) in [5, 5.41) is 13.6. The SMILES string of the molecule is C[C@H](NC(=O)C1[C@@H](c2ccccc2)[C@@H]1c1ccccc1)[C@H](O)c1ccccc1. The van der Waals surface area contributed by atoms with E-state index in [-0.39, 0.29) is 29.7 Å². The molecule has 1 aliphatic carbocycles. The number of hydrogen-bond acceptors (Lipinski definition) is 2. The highest BCUT2D eigenvalue weighted by atomic mass is 16.3. The van der Waals surface area contributed by atoms with Crippen molar-refractivity contribution in [1.29, 1.82) is 0 Å². The predicted octanol–water partition coefficient (Wildman–Crippen LogP) is 4.42. The average Bonchev–Trinajstić information content (AvgIpc) is 3.51. The summed E-state index contributed by atoms with van der Waals surface area (Å²) in [6, 6.07) is 29.6. The van der Waals surface area contributed by atoms with Crippen LogP contribution < -0.4 is 5.32 Å². The van der Waals surface area contributed by atoms with Gasteiger partial charge in [-0.3, -0.25) is 4.79 Å². The van der Waals surface area contributed by atoms with Crippen LogP contribution >= 0.6 is 0 Å². The number of aliphatic hydroxyl groups excluding tert-OH is 1. The third kappa shape index (κ3) is 3.71. The molecule has 0 bridgehead atoms. The van der Waals surface area contributed by atoms with Gasteiger partial charge in [-0.2, -0.15) is 0 Å². The van der Waals surface area contributed by atoms with E-state index in [1.165, 1.54) is 11.1 Å². The highest BCUT2D eigenvalue weighted by Crippen LogP contribution is 2.60. The monoisotopic (exact) mass is 371 g/mol. The molecule has 0 radical (unpaired) electrons. The van der Waals surface area contributed by atoms with Gasteiger partial charge < -0.3 is 10.4 Å². The molecule has 0 aromatic heterocycles. The van der Waals surface area contributed by atoms with Crippen molar-refractivity contribution in [3.8, 4) is 0 Å². The molecule has 1 aliphatic rings. The Hall–Kier alpha value is -2.91. The molecule has 0 unspecified atom stereocenters. The average molecular weight is 371 g/mol. The van der Waals surface area contributed by atoms with Crippen LogP contribution in [0.3, 0.4) is 0 Å². The Morgan fingerprint density at radius 1 is 0.786 bits per heavy atom. The zero-order valence-corrected chi connectivity index (χ0v) is 15.9. The summed E-state index contributed by atoms with van der Waals surface area (Å²) in [4.78, 5) is 13.1. The summed E-state index contributed by atoms with van der Waals surface area (Å²) in [7, 11) is 0. The number of amides is 1. The summed E-state index contributed by atoms with van der Waals surface area (Å²) in [5.74, 6) is 0.231. The second-order valence-electron chi connectivity index (χ2n) is 7.55. The summed E-state index contributed by atoms with van der Waals surface area (Å²) in [5.41, 5.74) is 3.19. The van der Waals surface area contributed by atoms with Crippen molar-refractivity contribution >= 4 is 5.91 Å². The molecule has 1 fully saturated rings. The summed E-state index contributed by atoms with van der Waals surface area (Å²) in [6.45, 7) is 1.85. The maximum absolute atomic E-state index is 13.1. The number of hydrogen-bond donors (Lipinski definition) is 2. The largest absolute Gasteiger partial charge is 0.386 e. The standard InChI is InChI=1S/C25H25NO2/c1-17(24(27)20-15-9-4-10-16-20)26-25(28)23-21(18-11-5-2-6-12-18)22(23)19-13-7-3-8-14-19/h2-17,21-24,27H,1H3,(H,26,28)/t17-,21-,22-,24-/m0/s1. The number of rotatable bonds is 6. The highest BCUT2D eigenvalue weighted by molar-refractivity contribution is 5.85. The van der Waals surface area contributed by atoms with Crippen molar-refractivity contribution in [2.45, 2.75) is 30.9 Å². The summed E-state index contributed by atoms with van der Waals surface area (Å²) in [6.07, 6.45) is -0.728. The van der Waals surface area contributed by atoms with E-state index >= 15 is 0 Å². The molecule has 28 heavy (non-hydrogen) atoms. The first-order chi connectivity index (χ1) is 13.7. The van der Waals surface area contributed by atoms with E-state index in [2.05, 4.69) is 29.6 Å². The molecule has 4 rings (SSSR count). The van der Waals surface area contributed by atoms with E-state index in [9.17, 15) is 9.90 Å². The number of benzene rings is 3. The Balaban J connectivity index is 1.52. The van der Waals surface area contributed by atoms with Gasteiger partial charge in [-0.15, -0.1) is 0 Å². The zero-order valence-electron chi connectivity index (χ0n) is 15.9. The second kappa shape index (κ2) is 7.99. The van der Waals surface area contributed by atoms with Crippen molar-refractivity contribution in [1.82, 2.24) is 5.32 Å². The van der Waals surface area contributed by atoms with Crippen molar-refractivity contribution in [3.05, 3.63) is 108 Å². The molecule has 4 atom stereocenters. The van der Waals surface area contributed by atoms with Gasteiger partial charge in [0.1, 0.15) is 0 Å². The Bertz CT molecular complexity index is 866. The molecule has 1 amide bonds. The number of aliphatic hydroxyl groups is 1. The fourth-order valence-corrected chi connectivity index (χ4v) is 4.16. The van der Waals surface area contributed by atoms with E-state index in [0.29, 0.717) is 0 Å². The molecule has 3 nitrogen and oxygen atoms in total. The molecule has 0 heterocycles. The van der Waals surface area contributed by atoms with Crippen LogP contribution in [0.1, 0.15) is 41.6 Å². The molecule has 0 saturated heterocycles. The second-order valence-corrected chi connectivity index (χ2v) is 7.55. The number of nitrogens with one attached hydrogen (secondary N) is 1. The van der Waals surface area contributed by atoms with Gasteiger partial charge in [-0.05, 0) is 23.6 Å². The quantitative estimate of drug-likeness (QED) is 0.674. The third-order valence-electron chi connectivity index (χ3n) is 5.68. The fourth-order valence-electron chi connectivity index (χ4n) is 4.16. The maximum atomic E-state index is 13.1. The molecule has 3 aromatic rings. The first-order valence-electron chi connectivity index (χ1n) is 9.80. The van der Waals surface area contributed by atoms with Gasteiger partial charge in [0.15, 0.2) is 0 Å². The topological polar surface area (TPSA) is 49.3 Å². The minimum atomic E-state index is -0.728. The van der Waals surface area contributed by atoms with Crippen LogP contribution in [0.25, 0.3) is 0 Å². The molecule has 3 aromatic carbocycles. The minimum Gasteiger partial charge on any atom is -0.386 e. The van der Waals surface area contributed by atoms with Crippen LogP contribution in [0, 0.1) is 5.92 Å². The van der Waals surface area contributed by atoms with Crippen molar-refractivity contribution in [3.63, 3.8) is 0 Å². The lowest BCUT2D eigenvalue weighted by Crippen LogP contribution is -2.38. The Labute approximate surface area is 166 Å². The molecule has 0 spiro atoms. The number of carbonyl (C=O) groups excluding carboxylic acids is 1. The molecular formula is C25H25NO2. The first-order valence-corrected chi connectivity index (χ1v) is 9.80. The van der Waals surface area contributed by atoms with Gasteiger partial charge in [0, 0.05) is 11.8 Å². The van der Waals surface area contributed by atoms with Crippen LogP contribution in [0.2, 0.25) is 0 Å². The van der Waals surface area contributed by atoms with E-state index in [4.69, 9.17) is 0 Å². The van der Waals surface area contributed by atoms with Gasteiger partial charge in [-0.25, -0.2) is 0 Å². The van der Waals surface area contributed by atoms with Gasteiger partial charge in [0.05, 0.1) is 18.1 Å². The van der Waals surface area contributed by atoms with E-state index in [1.54, 1.807) is 0 Å². The number of carbonyl (C=O) groups is 1. The minimum absolute atomic E-state index is 0.00480. The Kier molecular flexibility index (Phi) is 5.27. The highest BCUT2D eigenvalue weighted by Gasteiger charge is 2.56. The van der Waals surface area contributed by atoms with E-state index < -0.39 is 6.10 Å². The van der Waals surface area contributed by atoms with Gasteiger partial charge in [0.25, 0.3) is 0 Å². The van der Waals surface area contributed by atoms with Crippen LogP contribution in [0.15, 0.2) is 91.0 Å².